The molecule has 0 aliphatic rings. The monoisotopic (exact) mass is 152 g/mol. The van der Waals surface area contributed by atoms with E-state index in [-0.39, 0.29) is 0 Å². The highest BCUT2D eigenvalue weighted by atomic mass is 14.0. The second-order valence-corrected chi connectivity index (χ2v) is 3.61. The minimum atomic E-state index is 0.596. The molecule has 0 rings (SSSR count). The van der Waals surface area contributed by atoms with Gasteiger partial charge in [0.1, 0.15) is 0 Å². The molecule has 0 aromatic rings. The van der Waals surface area contributed by atoms with E-state index in [1.807, 2.05) is 0 Å². The fourth-order valence-electron chi connectivity index (χ4n) is 0.942. The van der Waals surface area contributed by atoms with Crippen LogP contribution in [0.15, 0.2) is 0 Å². The lowest BCUT2D eigenvalue weighted by Crippen LogP contribution is -1.89. The van der Waals surface area contributed by atoms with Crippen molar-refractivity contribution in [3.8, 4) is 11.8 Å². The quantitative estimate of drug-likeness (QED) is 0.543. The van der Waals surface area contributed by atoms with Crippen molar-refractivity contribution in [2.45, 2.75) is 47.0 Å². The molecular weight excluding hydrogens is 132 g/mol. The lowest BCUT2D eigenvalue weighted by molar-refractivity contribution is 0.646. The Bertz CT molecular complexity index is 134. The molecule has 0 saturated heterocycles. The first kappa shape index (κ1) is 10.6. The Balaban J connectivity index is 3.51. The average molecular weight is 152 g/mol. The molecule has 0 heteroatoms. The van der Waals surface area contributed by atoms with Gasteiger partial charge < -0.3 is 0 Å². The normalized spacial score (nSPS) is 12.5. The molecule has 0 spiro atoms. The Morgan fingerprint density at radius 1 is 1.18 bits per heavy atom. The molecule has 0 nitrogen and oxygen atoms in total. The predicted molar refractivity (Wildman–Crippen MR) is 51.3 cm³/mol. The largest absolute Gasteiger partial charge is 0.103 e. The zero-order chi connectivity index (χ0) is 8.69. The summed E-state index contributed by atoms with van der Waals surface area (Å²) in [6.07, 6.45) is 3.54. The van der Waals surface area contributed by atoms with Gasteiger partial charge in [-0.3, -0.25) is 0 Å². The second-order valence-electron chi connectivity index (χ2n) is 3.61. The summed E-state index contributed by atoms with van der Waals surface area (Å²) in [6, 6.07) is 0. The zero-order valence-electron chi connectivity index (χ0n) is 8.28. The van der Waals surface area contributed by atoms with Crippen LogP contribution >= 0.6 is 0 Å². The van der Waals surface area contributed by atoms with Crippen LogP contribution in [0.1, 0.15) is 47.0 Å². The summed E-state index contributed by atoms with van der Waals surface area (Å²) in [5.74, 6) is 7.80. The molecule has 1 atom stereocenters. The SMILES string of the molecule is CCCC(C)C#CCC(C)C. The molecule has 0 amide bonds. The van der Waals surface area contributed by atoms with Crippen LogP contribution in [-0.2, 0) is 0 Å². The van der Waals surface area contributed by atoms with Crippen LogP contribution in [0, 0.1) is 23.7 Å². The molecule has 0 radical (unpaired) electrons. The maximum Gasteiger partial charge on any atom is 0.0174 e. The van der Waals surface area contributed by atoms with Crippen LogP contribution < -0.4 is 0 Å². The van der Waals surface area contributed by atoms with Crippen molar-refractivity contribution in [2.24, 2.45) is 11.8 Å². The van der Waals surface area contributed by atoms with Crippen LogP contribution in [0.2, 0.25) is 0 Å². The maximum atomic E-state index is 3.26. The van der Waals surface area contributed by atoms with E-state index in [0.717, 1.165) is 12.3 Å². The lowest BCUT2D eigenvalue weighted by atomic mass is 10.1. The summed E-state index contributed by atoms with van der Waals surface area (Å²) in [7, 11) is 0. The van der Waals surface area contributed by atoms with Crippen molar-refractivity contribution >= 4 is 0 Å². The predicted octanol–water partition coefficient (Wildman–Crippen LogP) is 3.47. The van der Waals surface area contributed by atoms with Crippen molar-refractivity contribution in [1.29, 1.82) is 0 Å². The van der Waals surface area contributed by atoms with Gasteiger partial charge in [0, 0.05) is 12.3 Å². The van der Waals surface area contributed by atoms with E-state index in [0.29, 0.717) is 5.92 Å². The number of hydrogen-bond acceptors (Lipinski definition) is 0. The highest BCUT2D eigenvalue weighted by molar-refractivity contribution is 5.02. The Labute approximate surface area is 71.4 Å². The van der Waals surface area contributed by atoms with E-state index in [2.05, 4.69) is 39.5 Å². The van der Waals surface area contributed by atoms with Gasteiger partial charge in [-0.05, 0) is 12.3 Å². The van der Waals surface area contributed by atoms with E-state index >= 15 is 0 Å². The minimum Gasteiger partial charge on any atom is -0.103 e. The molecule has 64 valence electrons. The van der Waals surface area contributed by atoms with Gasteiger partial charge in [0.15, 0.2) is 0 Å². The molecule has 0 aromatic carbocycles. The lowest BCUT2D eigenvalue weighted by Gasteiger charge is -1.99. The van der Waals surface area contributed by atoms with Crippen LogP contribution in [0.3, 0.4) is 0 Å². The number of hydrogen-bond donors (Lipinski definition) is 0. The van der Waals surface area contributed by atoms with Crippen molar-refractivity contribution in [3.63, 3.8) is 0 Å². The molecule has 0 saturated carbocycles. The third kappa shape index (κ3) is 7.46. The van der Waals surface area contributed by atoms with Crippen LogP contribution in [0.5, 0.6) is 0 Å². The zero-order valence-corrected chi connectivity index (χ0v) is 8.28. The van der Waals surface area contributed by atoms with E-state index in [4.69, 9.17) is 0 Å². The topological polar surface area (TPSA) is 0 Å². The van der Waals surface area contributed by atoms with Gasteiger partial charge in [0.2, 0.25) is 0 Å². The van der Waals surface area contributed by atoms with Gasteiger partial charge in [0.05, 0.1) is 0 Å². The Hall–Kier alpha value is -0.440. The molecule has 0 fully saturated rings. The molecule has 0 bridgehead atoms. The van der Waals surface area contributed by atoms with Gasteiger partial charge >= 0.3 is 0 Å². The highest BCUT2D eigenvalue weighted by Gasteiger charge is 1.93. The van der Waals surface area contributed by atoms with Gasteiger partial charge in [-0.2, -0.15) is 0 Å². The molecule has 1 unspecified atom stereocenters. The van der Waals surface area contributed by atoms with Crippen LogP contribution in [-0.4, -0.2) is 0 Å². The van der Waals surface area contributed by atoms with Crippen LogP contribution in [0.25, 0.3) is 0 Å². The Kier molecular flexibility index (Phi) is 6.03. The summed E-state index contributed by atoms with van der Waals surface area (Å²) in [5, 5.41) is 0. The molecule has 0 aliphatic heterocycles. The first-order valence-electron chi connectivity index (χ1n) is 4.65. The van der Waals surface area contributed by atoms with Crippen molar-refractivity contribution in [2.75, 3.05) is 0 Å². The molecule has 0 aromatic heterocycles. The van der Waals surface area contributed by atoms with Crippen molar-refractivity contribution in [1.82, 2.24) is 0 Å². The third-order valence-electron chi connectivity index (χ3n) is 1.58. The van der Waals surface area contributed by atoms with E-state index in [9.17, 15) is 0 Å². The minimum absolute atomic E-state index is 0.596. The van der Waals surface area contributed by atoms with Gasteiger partial charge in [0.25, 0.3) is 0 Å². The Morgan fingerprint density at radius 2 is 1.82 bits per heavy atom. The Morgan fingerprint density at radius 3 is 2.27 bits per heavy atom. The maximum absolute atomic E-state index is 3.26. The fourth-order valence-corrected chi connectivity index (χ4v) is 0.942. The molecule has 0 N–H and O–H groups in total. The summed E-state index contributed by atoms with van der Waals surface area (Å²) in [5.41, 5.74) is 0. The second kappa shape index (κ2) is 6.28. The average Bonchev–Trinajstić information content (AvgIpc) is 1.87. The first-order valence-corrected chi connectivity index (χ1v) is 4.65. The fraction of sp³-hybridized carbons (Fsp3) is 0.818. The van der Waals surface area contributed by atoms with Gasteiger partial charge in [-0.1, -0.05) is 34.1 Å². The first-order chi connectivity index (χ1) is 5.16. The number of rotatable bonds is 3. The summed E-state index contributed by atoms with van der Waals surface area (Å²) < 4.78 is 0. The standard InChI is InChI=1S/C11H20/c1-5-7-11(4)9-6-8-10(2)3/h10-11H,5,7-8H2,1-4H3. The van der Waals surface area contributed by atoms with Gasteiger partial charge in [-0.25, -0.2) is 0 Å². The van der Waals surface area contributed by atoms with E-state index < -0.39 is 0 Å². The smallest absolute Gasteiger partial charge is 0.0174 e. The van der Waals surface area contributed by atoms with Gasteiger partial charge in [-0.15, -0.1) is 11.8 Å². The van der Waals surface area contributed by atoms with E-state index in [1.165, 1.54) is 12.8 Å². The molecule has 11 heavy (non-hydrogen) atoms. The van der Waals surface area contributed by atoms with Crippen molar-refractivity contribution < 1.29 is 0 Å². The van der Waals surface area contributed by atoms with E-state index in [1.54, 1.807) is 0 Å². The van der Waals surface area contributed by atoms with Crippen LogP contribution in [0.4, 0.5) is 0 Å². The highest BCUT2D eigenvalue weighted by Crippen LogP contribution is 2.03. The molecule has 0 aliphatic carbocycles. The van der Waals surface area contributed by atoms with Crippen molar-refractivity contribution in [3.05, 3.63) is 0 Å². The third-order valence-corrected chi connectivity index (χ3v) is 1.58. The summed E-state index contributed by atoms with van der Waals surface area (Å²) in [4.78, 5) is 0. The summed E-state index contributed by atoms with van der Waals surface area (Å²) >= 11 is 0. The summed E-state index contributed by atoms with van der Waals surface area (Å²) in [6.45, 7) is 8.83. The molecular formula is C11H20. The molecule has 0 heterocycles.